The molecule has 11 heteroatoms. The quantitative estimate of drug-likeness (QED) is 0.145. The number of benzene rings is 2. The summed E-state index contributed by atoms with van der Waals surface area (Å²) in [6.45, 7) is 10.9. The van der Waals surface area contributed by atoms with E-state index in [-0.39, 0.29) is 38.5 Å². The van der Waals surface area contributed by atoms with Crippen LogP contribution in [0.15, 0.2) is 59.8 Å². The number of hydrogen-bond donors (Lipinski definition) is 0. The van der Waals surface area contributed by atoms with Crippen molar-refractivity contribution in [2.24, 2.45) is 0 Å². The molecule has 0 atom stereocenters. The van der Waals surface area contributed by atoms with Crippen LogP contribution in [0.2, 0.25) is 15.1 Å². The van der Waals surface area contributed by atoms with E-state index in [0.717, 1.165) is 22.9 Å². The zero-order valence-corrected chi connectivity index (χ0v) is 27.8. The van der Waals surface area contributed by atoms with Crippen molar-refractivity contribution in [2.45, 2.75) is 58.1 Å². The standard InChI is InChI=1S/C34H32Cl3N3O5/c1-7-25(41)39(6)34(14-9-15-34)31-29(30(38-45-31)28-22(36)16-21(35)17-23(28)37)32(43)40-18-19(2)27-20(10-8-11-24(27)40)12-13-26(42)44-33(3,4)5/h7-8,10-13,16-18H,1,9,14-15H2,2-6H3/b13-12+. The molecule has 0 N–H and O–H groups in total. The number of fused-ring (bicyclic) bond motifs is 1. The van der Waals surface area contributed by atoms with E-state index in [1.165, 1.54) is 33.8 Å². The molecular weight excluding hydrogens is 637 g/mol. The van der Waals surface area contributed by atoms with Gasteiger partial charge in [0.15, 0.2) is 5.76 Å². The third kappa shape index (κ3) is 5.94. The fourth-order valence-corrected chi connectivity index (χ4v) is 6.75. The second kappa shape index (κ2) is 12.2. The SMILES string of the molecule is C=CC(=O)N(C)C1(c2onc(-c3c(Cl)cc(Cl)cc3Cl)c2C(=O)n2cc(C)c3c(/C=C/C(=O)OC(C)(C)C)cccc32)CCC1. The molecule has 45 heavy (non-hydrogen) atoms. The molecule has 0 bridgehead atoms. The molecule has 0 saturated heterocycles. The molecule has 5 rings (SSSR count). The number of aromatic nitrogens is 2. The maximum absolute atomic E-state index is 14.8. The van der Waals surface area contributed by atoms with Gasteiger partial charge in [-0.1, -0.05) is 58.7 Å². The average Bonchev–Trinajstić information content (AvgIpc) is 3.51. The number of likely N-dealkylation sites (N-methyl/N-ethyl adjacent to an activating group) is 1. The number of rotatable bonds is 7. The van der Waals surface area contributed by atoms with Gasteiger partial charge in [0.2, 0.25) is 5.91 Å². The van der Waals surface area contributed by atoms with Crippen LogP contribution >= 0.6 is 34.8 Å². The Balaban J connectivity index is 1.71. The lowest BCUT2D eigenvalue weighted by Crippen LogP contribution is -2.51. The van der Waals surface area contributed by atoms with Gasteiger partial charge in [0.1, 0.15) is 22.4 Å². The van der Waals surface area contributed by atoms with Gasteiger partial charge in [-0.3, -0.25) is 14.2 Å². The lowest BCUT2D eigenvalue weighted by atomic mass is 9.72. The first-order valence-electron chi connectivity index (χ1n) is 14.3. The zero-order valence-electron chi connectivity index (χ0n) is 25.5. The number of aryl methyl sites for hydroxylation is 1. The summed E-state index contributed by atoms with van der Waals surface area (Å²) < 4.78 is 12.9. The normalized spacial score (nSPS) is 14.4. The first-order valence-corrected chi connectivity index (χ1v) is 15.4. The van der Waals surface area contributed by atoms with E-state index in [4.69, 9.17) is 44.1 Å². The largest absolute Gasteiger partial charge is 0.457 e. The van der Waals surface area contributed by atoms with Crippen LogP contribution in [0.3, 0.4) is 0 Å². The Kier molecular flexibility index (Phi) is 8.79. The number of hydrogen-bond acceptors (Lipinski definition) is 6. The van der Waals surface area contributed by atoms with E-state index in [1.54, 1.807) is 46.2 Å². The predicted octanol–water partition coefficient (Wildman–Crippen LogP) is 8.63. The van der Waals surface area contributed by atoms with Crippen molar-refractivity contribution < 1.29 is 23.6 Å². The number of halogens is 3. The fourth-order valence-electron chi connectivity index (χ4n) is 5.76. The zero-order chi connectivity index (χ0) is 32.8. The predicted molar refractivity (Wildman–Crippen MR) is 177 cm³/mol. The summed E-state index contributed by atoms with van der Waals surface area (Å²) in [6.07, 6.45) is 7.87. The number of ether oxygens (including phenoxy) is 1. The maximum Gasteiger partial charge on any atom is 0.331 e. The van der Waals surface area contributed by atoms with Crippen LogP contribution in [-0.4, -0.2) is 45.1 Å². The Hall–Kier alpha value is -3.85. The summed E-state index contributed by atoms with van der Waals surface area (Å²) in [4.78, 5) is 41.6. The Morgan fingerprint density at radius 1 is 1.13 bits per heavy atom. The summed E-state index contributed by atoms with van der Waals surface area (Å²) >= 11 is 19.5. The van der Waals surface area contributed by atoms with Crippen molar-refractivity contribution in [3.8, 4) is 11.3 Å². The minimum Gasteiger partial charge on any atom is -0.457 e. The van der Waals surface area contributed by atoms with E-state index < -0.39 is 23.0 Å². The average molecular weight is 669 g/mol. The van der Waals surface area contributed by atoms with E-state index in [0.29, 0.717) is 23.4 Å². The van der Waals surface area contributed by atoms with E-state index in [2.05, 4.69) is 11.7 Å². The number of carbonyl (C=O) groups excluding carboxylic acids is 3. The molecule has 1 fully saturated rings. The molecule has 1 saturated carbocycles. The van der Waals surface area contributed by atoms with Gasteiger partial charge in [-0.2, -0.15) is 0 Å². The van der Waals surface area contributed by atoms with Crippen LogP contribution in [0.1, 0.15) is 67.3 Å². The molecule has 1 aliphatic rings. The maximum atomic E-state index is 14.8. The summed E-state index contributed by atoms with van der Waals surface area (Å²) in [5, 5.41) is 5.79. The van der Waals surface area contributed by atoms with Crippen molar-refractivity contribution >= 4 is 69.6 Å². The molecule has 0 unspecified atom stereocenters. The lowest BCUT2D eigenvalue weighted by molar-refractivity contribution is -0.148. The molecule has 0 spiro atoms. The molecule has 2 heterocycles. The Morgan fingerprint density at radius 3 is 2.38 bits per heavy atom. The van der Waals surface area contributed by atoms with Gasteiger partial charge in [0.05, 0.1) is 15.6 Å². The topological polar surface area (TPSA) is 94.6 Å². The van der Waals surface area contributed by atoms with E-state index >= 15 is 0 Å². The molecule has 2 aromatic carbocycles. The van der Waals surface area contributed by atoms with Crippen molar-refractivity contribution in [3.05, 3.63) is 92.8 Å². The highest BCUT2D eigenvalue weighted by Gasteiger charge is 2.51. The Morgan fingerprint density at radius 2 is 1.80 bits per heavy atom. The highest BCUT2D eigenvalue weighted by molar-refractivity contribution is 6.42. The lowest BCUT2D eigenvalue weighted by Gasteiger charge is -2.46. The Bertz CT molecular complexity index is 1870. The van der Waals surface area contributed by atoms with Gasteiger partial charge >= 0.3 is 5.97 Å². The number of esters is 1. The summed E-state index contributed by atoms with van der Waals surface area (Å²) in [5.74, 6) is -1.03. The van der Waals surface area contributed by atoms with Crippen LogP contribution in [0, 0.1) is 6.92 Å². The minimum absolute atomic E-state index is 0.121. The number of nitrogens with zero attached hydrogens (tertiary/aromatic N) is 3. The van der Waals surface area contributed by atoms with E-state index in [1.807, 2.05) is 19.1 Å². The summed E-state index contributed by atoms with van der Waals surface area (Å²) in [6, 6.07) is 8.49. The molecular formula is C34H32Cl3N3O5. The Labute approximate surface area is 276 Å². The van der Waals surface area contributed by atoms with Gasteiger partial charge in [0.25, 0.3) is 5.91 Å². The second-order valence-corrected chi connectivity index (χ2v) is 13.3. The van der Waals surface area contributed by atoms with Crippen LogP contribution < -0.4 is 0 Å². The van der Waals surface area contributed by atoms with Crippen LogP contribution in [-0.2, 0) is 19.9 Å². The molecule has 1 aliphatic carbocycles. The van der Waals surface area contributed by atoms with Gasteiger partial charge in [-0.25, -0.2) is 4.79 Å². The van der Waals surface area contributed by atoms with Gasteiger partial charge in [0, 0.05) is 35.3 Å². The molecule has 8 nitrogen and oxygen atoms in total. The smallest absolute Gasteiger partial charge is 0.331 e. The molecule has 1 amide bonds. The first-order chi connectivity index (χ1) is 21.2. The van der Waals surface area contributed by atoms with Gasteiger partial charge in [-0.05, 0) is 88.4 Å². The third-order valence-electron chi connectivity index (χ3n) is 7.98. The highest BCUT2D eigenvalue weighted by Crippen LogP contribution is 2.50. The van der Waals surface area contributed by atoms with Gasteiger partial charge in [-0.15, -0.1) is 0 Å². The van der Waals surface area contributed by atoms with Crippen molar-refractivity contribution in [1.82, 2.24) is 14.6 Å². The molecule has 2 aromatic heterocycles. The summed E-state index contributed by atoms with van der Waals surface area (Å²) in [5.41, 5.74) is 1.07. The third-order valence-corrected chi connectivity index (χ3v) is 8.79. The number of carbonyl (C=O) groups is 3. The van der Waals surface area contributed by atoms with E-state index in [9.17, 15) is 14.4 Å². The fraction of sp³-hybridized carbons (Fsp3) is 0.294. The molecule has 234 valence electrons. The van der Waals surface area contributed by atoms with Crippen LogP contribution in [0.4, 0.5) is 0 Å². The molecule has 0 radical (unpaired) electrons. The van der Waals surface area contributed by atoms with Crippen molar-refractivity contribution in [1.29, 1.82) is 0 Å². The van der Waals surface area contributed by atoms with Crippen LogP contribution in [0.5, 0.6) is 0 Å². The molecule has 0 aliphatic heterocycles. The van der Waals surface area contributed by atoms with Crippen molar-refractivity contribution in [2.75, 3.05) is 7.05 Å². The first kappa shape index (κ1) is 32.5. The number of amides is 1. The second-order valence-electron chi connectivity index (χ2n) is 12.1. The minimum atomic E-state index is -0.938. The monoisotopic (exact) mass is 667 g/mol. The molecule has 4 aromatic rings. The highest BCUT2D eigenvalue weighted by atomic mass is 35.5. The van der Waals surface area contributed by atoms with Gasteiger partial charge < -0.3 is 14.2 Å². The van der Waals surface area contributed by atoms with Crippen LogP contribution in [0.25, 0.3) is 28.2 Å². The van der Waals surface area contributed by atoms with Crippen molar-refractivity contribution in [3.63, 3.8) is 0 Å². The summed E-state index contributed by atoms with van der Waals surface area (Å²) in [7, 11) is 1.65.